The van der Waals surface area contributed by atoms with E-state index in [4.69, 9.17) is 4.74 Å². The van der Waals surface area contributed by atoms with E-state index in [2.05, 4.69) is 35.2 Å². The first-order valence-electron chi connectivity index (χ1n) is 2.78. The van der Waals surface area contributed by atoms with Gasteiger partial charge < -0.3 is 0 Å². The quantitative estimate of drug-likeness (QED) is 0.306. The van der Waals surface area contributed by atoms with E-state index in [0.29, 0.717) is 18.5 Å². The van der Waals surface area contributed by atoms with Gasteiger partial charge in [0.05, 0.1) is 0 Å². The topological polar surface area (TPSA) is 9.23 Å². The van der Waals surface area contributed by atoms with Crippen LogP contribution in [0.2, 0.25) is 5.32 Å². The van der Waals surface area contributed by atoms with Gasteiger partial charge >= 0.3 is 69.8 Å². The molecule has 0 aliphatic rings. The molecule has 0 aromatic heterocycles. The summed E-state index contributed by atoms with van der Waals surface area (Å²) in [5, 5.41) is 1.35. The van der Waals surface area contributed by atoms with Crippen LogP contribution in [0.1, 0.15) is 0 Å². The van der Waals surface area contributed by atoms with Crippen molar-refractivity contribution in [3.8, 4) is 0 Å². The number of hydrogen-bond donors (Lipinski definition) is 1. The Bertz CT molecular complexity index is 77.5. The maximum atomic E-state index is 5.13. The fraction of sp³-hybridized carbons (Fsp3) is 0.667. The van der Waals surface area contributed by atoms with Gasteiger partial charge in [-0.25, -0.2) is 0 Å². The summed E-state index contributed by atoms with van der Waals surface area (Å²) in [4.78, 5) is 0. The molecule has 0 fully saturated rings. The van der Waals surface area contributed by atoms with Crippen molar-refractivity contribution in [3.63, 3.8) is 0 Å². The normalized spacial score (nSPS) is 13.1. The van der Waals surface area contributed by atoms with Crippen LogP contribution in [-0.4, -0.2) is 34.5 Å². The van der Waals surface area contributed by atoms with Gasteiger partial charge in [-0.15, -0.1) is 0 Å². The molecule has 0 saturated carbocycles. The van der Waals surface area contributed by atoms with Crippen molar-refractivity contribution in [1.82, 2.24) is 0 Å². The van der Waals surface area contributed by atoms with Crippen LogP contribution < -0.4 is 0 Å². The van der Waals surface area contributed by atoms with Crippen molar-refractivity contribution < 1.29 is 4.74 Å². The molecule has 0 spiro atoms. The molecule has 0 aromatic carbocycles. The zero-order valence-corrected chi connectivity index (χ0v) is 8.06. The molecule has 1 nitrogen and oxygen atoms in total. The third-order valence-electron chi connectivity index (χ3n) is 0.757. The van der Waals surface area contributed by atoms with Crippen LogP contribution in [0.5, 0.6) is 0 Å². The van der Waals surface area contributed by atoms with Gasteiger partial charge in [-0.05, 0) is 0 Å². The second kappa shape index (κ2) is 6.69. The minimum absolute atomic E-state index is 0.352. The molecule has 1 atom stereocenters. The Morgan fingerprint density at radius 2 is 2.44 bits per heavy atom. The van der Waals surface area contributed by atoms with Gasteiger partial charge in [0.15, 0.2) is 0 Å². The molecule has 0 aliphatic carbocycles. The van der Waals surface area contributed by atoms with Gasteiger partial charge in [0, 0.05) is 0 Å². The van der Waals surface area contributed by atoms with Gasteiger partial charge in [0.2, 0.25) is 0 Å². The van der Waals surface area contributed by atoms with E-state index < -0.39 is 0 Å². The molecule has 0 radical (unpaired) electrons. The molecule has 0 aliphatic heterocycles. The summed E-state index contributed by atoms with van der Waals surface area (Å²) in [5.41, 5.74) is 0. The van der Waals surface area contributed by atoms with E-state index in [0.717, 1.165) is 5.32 Å². The fourth-order valence-corrected chi connectivity index (χ4v) is 0.667. The SMILES string of the molecule is C=CCOCC(S)C[SeH]. The molecule has 0 N–H and O–H groups in total. The summed E-state index contributed by atoms with van der Waals surface area (Å²) >= 11 is 6.72. The van der Waals surface area contributed by atoms with Crippen LogP contribution >= 0.6 is 12.6 Å². The van der Waals surface area contributed by atoms with Crippen LogP contribution in [0.25, 0.3) is 0 Å². The Morgan fingerprint density at radius 3 is 2.89 bits per heavy atom. The number of thiol groups is 1. The Kier molecular flexibility index (Phi) is 7.11. The van der Waals surface area contributed by atoms with Crippen molar-refractivity contribution in [1.29, 1.82) is 0 Å². The first kappa shape index (κ1) is 9.57. The summed E-state index contributed by atoms with van der Waals surface area (Å²) in [6, 6.07) is 0. The van der Waals surface area contributed by atoms with E-state index in [1.54, 1.807) is 6.08 Å². The van der Waals surface area contributed by atoms with E-state index in [-0.39, 0.29) is 0 Å². The summed E-state index contributed by atoms with van der Waals surface area (Å²) in [6.07, 6.45) is 1.74. The van der Waals surface area contributed by atoms with Crippen LogP contribution in [0.3, 0.4) is 0 Å². The van der Waals surface area contributed by atoms with E-state index in [1.807, 2.05) is 0 Å². The third kappa shape index (κ3) is 6.45. The molecule has 0 saturated heterocycles. The average molecular weight is 211 g/mol. The minimum atomic E-state index is 0.352. The monoisotopic (exact) mass is 212 g/mol. The average Bonchev–Trinajstić information content (AvgIpc) is 1.89. The zero-order valence-electron chi connectivity index (χ0n) is 5.29. The number of ether oxygens (including phenoxy) is 1. The van der Waals surface area contributed by atoms with Crippen molar-refractivity contribution in [2.45, 2.75) is 10.6 Å². The Morgan fingerprint density at radius 1 is 1.78 bits per heavy atom. The van der Waals surface area contributed by atoms with E-state index in [1.165, 1.54) is 0 Å². The molecule has 3 heteroatoms. The molecule has 9 heavy (non-hydrogen) atoms. The predicted octanol–water partition coefficient (Wildman–Crippen LogP) is 0.806. The summed E-state index contributed by atoms with van der Waals surface area (Å²) in [5.74, 6) is 0. The van der Waals surface area contributed by atoms with Gasteiger partial charge in [0.1, 0.15) is 0 Å². The molecule has 54 valence electrons. The molecule has 0 heterocycles. The first-order valence-corrected chi connectivity index (χ1v) is 4.63. The first-order chi connectivity index (χ1) is 4.31. The summed E-state index contributed by atoms with van der Waals surface area (Å²) in [6.45, 7) is 4.87. The van der Waals surface area contributed by atoms with Gasteiger partial charge in [-0.2, -0.15) is 0 Å². The molecule has 0 aromatic rings. The molecule has 0 rings (SSSR count). The second-order valence-electron chi connectivity index (χ2n) is 1.66. The third-order valence-corrected chi connectivity index (χ3v) is 2.64. The van der Waals surface area contributed by atoms with Crippen LogP contribution in [0.4, 0.5) is 0 Å². The maximum absolute atomic E-state index is 5.13. The fourth-order valence-electron chi connectivity index (χ4n) is 0.340. The van der Waals surface area contributed by atoms with Crippen molar-refractivity contribution in [2.24, 2.45) is 0 Å². The molecule has 1 unspecified atom stereocenters. The standard InChI is InChI=1S/C6H12OSSe/c1-2-3-7-4-6(8)5-9/h2,6,8-9H,1,3-5H2. The van der Waals surface area contributed by atoms with Gasteiger partial charge in [-0.1, -0.05) is 0 Å². The van der Waals surface area contributed by atoms with Crippen molar-refractivity contribution in [2.75, 3.05) is 13.2 Å². The molecular formula is C6H12OSSe. The van der Waals surface area contributed by atoms with Gasteiger partial charge in [-0.3, -0.25) is 0 Å². The zero-order chi connectivity index (χ0) is 7.11. The van der Waals surface area contributed by atoms with E-state index in [9.17, 15) is 0 Å². The molecule has 0 amide bonds. The Hall–Kier alpha value is 0.569. The summed E-state index contributed by atoms with van der Waals surface area (Å²) in [7, 11) is 0. The van der Waals surface area contributed by atoms with Crippen LogP contribution in [-0.2, 0) is 4.74 Å². The Balaban J connectivity index is 2.96. The van der Waals surface area contributed by atoms with E-state index >= 15 is 0 Å². The molecule has 0 bridgehead atoms. The van der Waals surface area contributed by atoms with Crippen LogP contribution in [0, 0.1) is 0 Å². The van der Waals surface area contributed by atoms with Crippen molar-refractivity contribution >= 4 is 28.6 Å². The van der Waals surface area contributed by atoms with Crippen molar-refractivity contribution in [3.05, 3.63) is 12.7 Å². The predicted molar refractivity (Wildman–Crippen MR) is 45.7 cm³/mol. The summed E-state index contributed by atoms with van der Waals surface area (Å²) < 4.78 is 5.13. The van der Waals surface area contributed by atoms with Crippen LogP contribution in [0.15, 0.2) is 12.7 Å². The second-order valence-corrected chi connectivity index (χ2v) is 3.16. The number of rotatable bonds is 5. The number of hydrogen-bond acceptors (Lipinski definition) is 2. The van der Waals surface area contributed by atoms with Gasteiger partial charge in [0.25, 0.3) is 0 Å². The Labute approximate surface area is 70.1 Å². The molecular weight excluding hydrogens is 199 g/mol.